The van der Waals surface area contributed by atoms with E-state index in [1.54, 1.807) is 55.5 Å². The van der Waals surface area contributed by atoms with Crippen molar-refractivity contribution in [1.29, 1.82) is 10.5 Å². The number of nitriles is 2. The minimum Gasteiger partial charge on any atom is -0.493 e. The lowest BCUT2D eigenvalue weighted by molar-refractivity contribution is -0.154. The Balaban J connectivity index is 0. The first-order valence-electron chi connectivity index (χ1n) is 14.8. The molecule has 0 fully saturated rings. The van der Waals surface area contributed by atoms with E-state index in [0.29, 0.717) is 39.7 Å². The van der Waals surface area contributed by atoms with Gasteiger partial charge in [-0.05, 0) is 68.3 Å². The van der Waals surface area contributed by atoms with Crippen LogP contribution in [-0.4, -0.2) is 63.7 Å². The highest BCUT2D eigenvalue weighted by Gasteiger charge is 2.11. The summed E-state index contributed by atoms with van der Waals surface area (Å²) in [4.78, 5) is 38.7. The molecule has 1 N–H and O–H groups in total. The fraction of sp³-hybridized carbons (Fsp3) is 0.256. The third-order valence-corrected chi connectivity index (χ3v) is 5.61. The van der Waals surface area contributed by atoms with Crippen LogP contribution in [0.3, 0.4) is 0 Å². The molecule has 0 atom stereocenters. The van der Waals surface area contributed by atoms with Crippen molar-refractivity contribution in [2.75, 3.05) is 40.6 Å². The van der Waals surface area contributed by atoms with Crippen LogP contribution in [0.5, 0.6) is 23.0 Å². The molecular formula is C39H42N4O10. The van der Waals surface area contributed by atoms with Gasteiger partial charge in [0.15, 0.2) is 23.0 Å². The van der Waals surface area contributed by atoms with Gasteiger partial charge in [0, 0.05) is 16.7 Å². The number of methoxy groups -OCH3 is 2. The van der Waals surface area contributed by atoms with Crippen LogP contribution in [-0.2, 0) is 23.9 Å². The van der Waals surface area contributed by atoms with E-state index in [2.05, 4.69) is 34.2 Å². The Labute approximate surface area is 310 Å². The molecule has 0 bridgehead atoms. The number of carbonyl (C=O) groups excluding carboxylic acids is 3. The Morgan fingerprint density at radius 3 is 1.43 bits per heavy atom. The second-order valence-electron chi connectivity index (χ2n) is 9.90. The van der Waals surface area contributed by atoms with Crippen molar-refractivity contribution in [2.45, 2.75) is 28.2 Å². The first-order valence-corrected chi connectivity index (χ1v) is 14.8. The van der Waals surface area contributed by atoms with E-state index in [4.69, 9.17) is 52.5 Å². The van der Waals surface area contributed by atoms with E-state index in [1.807, 2.05) is 0 Å². The molecule has 0 amide bonds. The monoisotopic (exact) mass is 726 g/mol. The quantitative estimate of drug-likeness (QED) is 0.0546. The van der Waals surface area contributed by atoms with Crippen LogP contribution in [0.25, 0.3) is 21.8 Å². The number of hydrogen-bond donors (Lipinski definition) is 1. The maximum atomic E-state index is 11.2. The predicted octanol–water partition coefficient (Wildman–Crippen LogP) is 6.67. The minimum atomic E-state index is -0.710. The molecule has 14 nitrogen and oxygen atoms in total. The van der Waals surface area contributed by atoms with Crippen molar-refractivity contribution in [3.63, 3.8) is 0 Å². The van der Waals surface area contributed by atoms with Gasteiger partial charge in [-0.15, -0.1) is 0 Å². The van der Waals surface area contributed by atoms with Crippen LogP contribution in [0.15, 0.2) is 84.2 Å². The predicted molar refractivity (Wildman–Crippen MR) is 198 cm³/mol. The topological polar surface area (TPSA) is 183 Å². The van der Waals surface area contributed by atoms with Crippen LogP contribution in [0.4, 0.5) is 0 Å². The molecule has 2 aromatic carbocycles. The smallest absolute Gasteiger partial charge is 0.340 e. The standard InChI is InChI=1S/C17H16N2O4.C13H12N2O3.C8H10O3.CH4/c1-12(2)17(20)23-8-7-22-15-6-5-13(10-16(15)21-4)9-14(11-18)19-3;1-15-11(9-14)7-10-3-4-12(18-6-5-16)13(8-10)17-2;1-5(2)7(9)11-8(10)6(3)4;/h5-6,9-10H,1,7-8H2,2,4H3;3-4,7-8,16H,5-6H2,2H3;1,3H2,2,4H3;1H4/b14-9+;11-7+;;. The zero-order valence-electron chi connectivity index (χ0n) is 29.5. The zero-order chi connectivity index (χ0) is 39.6. The van der Waals surface area contributed by atoms with Crippen LogP contribution in [0.2, 0.25) is 0 Å². The highest BCUT2D eigenvalue weighted by Crippen LogP contribution is 2.30. The molecule has 0 aliphatic rings. The molecule has 278 valence electrons. The number of carbonyl (C=O) groups is 3. The molecule has 2 rings (SSSR count). The van der Waals surface area contributed by atoms with Gasteiger partial charge in [-0.3, -0.25) is 0 Å². The first kappa shape index (κ1) is 48.0. The van der Waals surface area contributed by atoms with E-state index in [-0.39, 0.29) is 56.4 Å². The van der Waals surface area contributed by atoms with Crippen molar-refractivity contribution in [2.24, 2.45) is 0 Å². The Morgan fingerprint density at radius 2 is 1.11 bits per heavy atom. The minimum absolute atomic E-state index is 0. The summed E-state index contributed by atoms with van der Waals surface area (Å²) in [5, 5.41) is 26.1. The lowest BCUT2D eigenvalue weighted by Gasteiger charge is -2.11. The molecule has 2 aromatic rings. The second kappa shape index (κ2) is 26.7. The molecule has 0 heterocycles. The maximum absolute atomic E-state index is 11.2. The summed E-state index contributed by atoms with van der Waals surface area (Å²) >= 11 is 0. The summed E-state index contributed by atoms with van der Waals surface area (Å²) in [6, 6.07) is 13.6. The number of aliphatic hydroxyl groups is 1. The van der Waals surface area contributed by atoms with Gasteiger partial charge >= 0.3 is 17.9 Å². The molecule has 0 radical (unpaired) electrons. The molecule has 0 saturated carbocycles. The van der Waals surface area contributed by atoms with Crippen molar-refractivity contribution >= 4 is 30.1 Å². The van der Waals surface area contributed by atoms with Crippen molar-refractivity contribution in [3.8, 4) is 35.1 Å². The SMILES string of the molecule is C.C=C(C)C(=O)OC(=O)C(=C)C.[C-]#[N+]/C(C#N)=C/c1ccc(OCCO)c(OC)c1.[C-]#[N+]/C(C#N)=C/c1ccc(OCCOC(=O)C(=C)C)c(OC)c1. The van der Waals surface area contributed by atoms with Gasteiger partial charge in [-0.25, -0.2) is 34.6 Å². The lowest BCUT2D eigenvalue weighted by atomic mass is 10.1. The largest absolute Gasteiger partial charge is 0.493 e. The Kier molecular flexibility index (Phi) is 24.2. The van der Waals surface area contributed by atoms with Crippen molar-refractivity contribution < 1.29 is 47.9 Å². The number of esters is 3. The summed E-state index contributed by atoms with van der Waals surface area (Å²) < 4.78 is 30.3. The number of nitrogens with zero attached hydrogens (tertiary/aromatic N) is 4. The van der Waals surface area contributed by atoms with Crippen molar-refractivity contribution in [3.05, 3.63) is 118 Å². The average Bonchev–Trinajstić information content (AvgIpc) is 3.14. The molecule has 14 heteroatoms. The molecule has 0 aromatic heterocycles. The van der Waals surface area contributed by atoms with E-state index >= 15 is 0 Å². The Morgan fingerprint density at radius 1 is 0.717 bits per heavy atom. The zero-order valence-corrected chi connectivity index (χ0v) is 29.5. The number of hydrogen-bond acceptors (Lipinski definition) is 12. The Bertz CT molecular complexity index is 1810. The molecule has 0 aliphatic carbocycles. The number of ether oxygens (including phenoxy) is 6. The fourth-order valence-electron chi connectivity index (χ4n) is 3.10. The summed E-state index contributed by atoms with van der Waals surface area (Å²) in [6.07, 6.45) is 2.92. The number of rotatable bonds is 14. The first-order chi connectivity index (χ1) is 24.7. The molecule has 0 unspecified atom stereocenters. The van der Waals surface area contributed by atoms with E-state index in [1.165, 1.54) is 40.2 Å². The number of benzene rings is 2. The highest BCUT2D eigenvalue weighted by molar-refractivity contribution is 6.00. The second-order valence-corrected chi connectivity index (χ2v) is 9.90. The van der Waals surface area contributed by atoms with Crippen LogP contribution < -0.4 is 18.9 Å². The van der Waals surface area contributed by atoms with Gasteiger partial charge in [-0.2, -0.15) is 0 Å². The van der Waals surface area contributed by atoms with Crippen LogP contribution in [0, 0.1) is 35.8 Å². The van der Waals surface area contributed by atoms with Gasteiger partial charge in [0.05, 0.1) is 46.1 Å². The van der Waals surface area contributed by atoms with Gasteiger partial charge in [0.2, 0.25) is 0 Å². The summed E-state index contributed by atoms with van der Waals surface area (Å²) in [5.41, 5.74) is 2.02. The van der Waals surface area contributed by atoms with Crippen LogP contribution >= 0.6 is 0 Å². The van der Waals surface area contributed by atoms with E-state index in [9.17, 15) is 14.4 Å². The third kappa shape index (κ3) is 19.0. The molecular weight excluding hydrogens is 684 g/mol. The maximum Gasteiger partial charge on any atom is 0.340 e. The highest BCUT2D eigenvalue weighted by atomic mass is 16.6. The number of aliphatic hydroxyl groups excluding tert-OH is 1. The van der Waals surface area contributed by atoms with Gasteiger partial charge < -0.3 is 33.5 Å². The fourth-order valence-corrected chi connectivity index (χ4v) is 3.10. The van der Waals surface area contributed by atoms with Gasteiger partial charge in [0.25, 0.3) is 11.4 Å². The van der Waals surface area contributed by atoms with Crippen LogP contribution in [0.1, 0.15) is 39.3 Å². The van der Waals surface area contributed by atoms with E-state index < -0.39 is 17.9 Å². The lowest BCUT2D eigenvalue weighted by Crippen LogP contribution is -2.12. The average molecular weight is 727 g/mol. The normalized spacial score (nSPS) is 9.70. The van der Waals surface area contributed by atoms with Gasteiger partial charge in [0.1, 0.15) is 19.8 Å². The summed E-state index contributed by atoms with van der Waals surface area (Å²) in [5.74, 6) is 0.0225. The van der Waals surface area contributed by atoms with Crippen molar-refractivity contribution in [1.82, 2.24) is 0 Å². The summed E-state index contributed by atoms with van der Waals surface area (Å²) in [7, 11) is 2.98. The van der Waals surface area contributed by atoms with Gasteiger partial charge in [-0.1, -0.05) is 39.3 Å². The summed E-state index contributed by atoms with van der Waals surface area (Å²) in [6.45, 7) is 28.6. The van der Waals surface area contributed by atoms with E-state index in [0.717, 1.165) is 0 Å². The Hall–Kier alpha value is -7.13. The number of allylic oxidation sites excluding steroid dienone is 2. The molecule has 0 saturated heterocycles. The molecule has 0 aliphatic heterocycles. The molecule has 53 heavy (non-hydrogen) atoms. The molecule has 0 spiro atoms. The third-order valence-electron chi connectivity index (χ3n) is 5.61.